The van der Waals surface area contributed by atoms with Crippen LogP contribution in [0.25, 0.3) is 0 Å². The molecule has 1 atom stereocenters. The second kappa shape index (κ2) is 7.38. The first-order valence-electron chi connectivity index (χ1n) is 7.64. The first kappa shape index (κ1) is 17.8. The molecule has 24 heavy (non-hydrogen) atoms. The van der Waals surface area contributed by atoms with Gasteiger partial charge in [-0.25, -0.2) is 0 Å². The highest BCUT2D eigenvalue weighted by atomic mass is 19.4. The van der Waals surface area contributed by atoms with E-state index >= 15 is 0 Å². The normalized spacial score (nSPS) is 12.5. The summed E-state index contributed by atoms with van der Waals surface area (Å²) < 4.78 is 38.9. The first-order valence-corrected chi connectivity index (χ1v) is 7.64. The molecule has 0 saturated heterocycles. The molecule has 128 valence electrons. The number of benzene rings is 2. The average Bonchev–Trinajstić information content (AvgIpc) is 2.54. The number of hydrogen-bond acceptors (Lipinski definition) is 2. The number of halogens is 3. The molecule has 0 aromatic heterocycles. The van der Waals surface area contributed by atoms with Crippen molar-refractivity contribution in [1.29, 1.82) is 0 Å². The molecule has 0 unspecified atom stereocenters. The number of carbonyl (C=O) groups excluding carboxylic acids is 1. The zero-order chi connectivity index (χ0) is 17.7. The van der Waals surface area contributed by atoms with Crippen LogP contribution in [0.15, 0.2) is 48.5 Å². The Hall–Kier alpha value is -2.50. The van der Waals surface area contributed by atoms with Crippen LogP contribution in [0.2, 0.25) is 0 Å². The number of alkyl halides is 3. The molecule has 3 nitrogen and oxygen atoms in total. The molecule has 0 bridgehead atoms. The van der Waals surface area contributed by atoms with E-state index in [4.69, 9.17) is 0 Å². The van der Waals surface area contributed by atoms with Crippen molar-refractivity contribution in [3.05, 3.63) is 59.7 Å². The highest BCUT2D eigenvalue weighted by Gasteiger charge is 2.33. The molecule has 2 rings (SSSR count). The molecule has 0 aliphatic rings. The number of rotatable bonds is 5. The zero-order valence-electron chi connectivity index (χ0n) is 13.4. The van der Waals surface area contributed by atoms with Crippen molar-refractivity contribution in [3.8, 4) is 0 Å². The SMILES string of the molecule is CCc1cccc(N[C@@H](C)C(=O)Nc2ccccc2C(F)(F)F)c1. The lowest BCUT2D eigenvalue weighted by atomic mass is 10.1. The summed E-state index contributed by atoms with van der Waals surface area (Å²) in [5.74, 6) is -0.534. The lowest BCUT2D eigenvalue weighted by Crippen LogP contribution is -2.32. The van der Waals surface area contributed by atoms with Crippen molar-refractivity contribution in [3.63, 3.8) is 0 Å². The number of hydrogen-bond donors (Lipinski definition) is 2. The van der Waals surface area contributed by atoms with Gasteiger partial charge in [0.2, 0.25) is 5.91 Å². The smallest absolute Gasteiger partial charge is 0.374 e. The van der Waals surface area contributed by atoms with Gasteiger partial charge in [0.15, 0.2) is 0 Å². The van der Waals surface area contributed by atoms with Gasteiger partial charge in [0.25, 0.3) is 0 Å². The van der Waals surface area contributed by atoms with Crippen molar-refractivity contribution in [2.45, 2.75) is 32.5 Å². The standard InChI is InChI=1S/C18H19F3N2O/c1-3-13-7-6-8-14(11-13)22-12(2)17(24)23-16-10-5-4-9-15(16)18(19,20)21/h4-12,22H,3H2,1-2H3,(H,23,24)/t12-/m0/s1. The predicted molar refractivity (Wildman–Crippen MR) is 89.0 cm³/mol. The van der Waals surface area contributed by atoms with E-state index in [2.05, 4.69) is 10.6 Å². The molecule has 6 heteroatoms. The van der Waals surface area contributed by atoms with E-state index in [1.54, 1.807) is 6.92 Å². The van der Waals surface area contributed by atoms with Crippen molar-refractivity contribution in [1.82, 2.24) is 0 Å². The molecular weight excluding hydrogens is 317 g/mol. The second-order valence-electron chi connectivity index (χ2n) is 5.45. The number of amides is 1. The van der Waals surface area contributed by atoms with Gasteiger partial charge in [-0.2, -0.15) is 13.2 Å². The van der Waals surface area contributed by atoms with Crippen LogP contribution in [-0.4, -0.2) is 11.9 Å². The minimum absolute atomic E-state index is 0.244. The lowest BCUT2D eigenvalue weighted by Gasteiger charge is -2.18. The van der Waals surface area contributed by atoms with Crippen molar-refractivity contribution in [2.75, 3.05) is 10.6 Å². The molecule has 1 amide bonds. The van der Waals surface area contributed by atoms with E-state index in [1.807, 2.05) is 31.2 Å². The Morgan fingerprint density at radius 2 is 1.83 bits per heavy atom. The van der Waals surface area contributed by atoms with Gasteiger partial charge in [-0.05, 0) is 43.2 Å². The highest BCUT2D eigenvalue weighted by molar-refractivity contribution is 5.96. The van der Waals surface area contributed by atoms with Crippen molar-refractivity contribution < 1.29 is 18.0 Å². The summed E-state index contributed by atoms with van der Waals surface area (Å²) >= 11 is 0. The highest BCUT2D eigenvalue weighted by Crippen LogP contribution is 2.34. The number of nitrogens with one attached hydrogen (secondary N) is 2. The Bertz CT molecular complexity index is 713. The van der Waals surface area contributed by atoms with Gasteiger partial charge in [-0.1, -0.05) is 31.2 Å². The molecule has 0 radical (unpaired) electrons. The fraction of sp³-hybridized carbons (Fsp3) is 0.278. The van der Waals surface area contributed by atoms with Gasteiger partial charge in [0.05, 0.1) is 11.3 Å². The quantitative estimate of drug-likeness (QED) is 0.830. The number of anilines is 2. The first-order chi connectivity index (χ1) is 11.3. The van der Waals surface area contributed by atoms with Crippen LogP contribution in [0.4, 0.5) is 24.5 Å². The lowest BCUT2D eigenvalue weighted by molar-refractivity contribution is -0.137. The minimum atomic E-state index is -4.52. The molecule has 2 aromatic carbocycles. The van der Waals surface area contributed by atoms with Gasteiger partial charge in [-0.15, -0.1) is 0 Å². The Labute approximate surface area is 138 Å². The summed E-state index contributed by atoms with van der Waals surface area (Å²) in [6.45, 7) is 3.62. The third kappa shape index (κ3) is 4.50. The molecule has 2 N–H and O–H groups in total. The second-order valence-corrected chi connectivity index (χ2v) is 5.45. The Balaban J connectivity index is 2.09. The molecule has 0 fully saturated rings. The number of aryl methyl sites for hydroxylation is 1. The summed E-state index contributed by atoms with van der Waals surface area (Å²) in [6, 6.07) is 11.8. The van der Waals surface area contributed by atoms with Crippen molar-refractivity contribution in [2.24, 2.45) is 0 Å². The summed E-state index contributed by atoms with van der Waals surface area (Å²) in [4.78, 5) is 12.2. The summed E-state index contributed by atoms with van der Waals surface area (Å²) in [7, 11) is 0. The number of carbonyl (C=O) groups is 1. The molecule has 0 aliphatic carbocycles. The van der Waals surface area contributed by atoms with Crippen LogP contribution in [0, 0.1) is 0 Å². The fourth-order valence-electron chi connectivity index (χ4n) is 2.28. The molecular formula is C18H19F3N2O. The average molecular weight is 336 g/mol. The van der Waals surface area contributed by atoms with Crippen LogP contribution in [0.1, 0.15) is 25.0 Å². The van der Waals surface area contributed by atoms with Gasteiger partial charge < -0.3 is 10.6 Å². The van der Waals surface area contributed by atoms with E-state index in [0.29, 0.717) is 0 Å². The Morgan fingerprint density at radius 3 is 2.50 bits per heavy atom. The third-order valence-corrected chi connectivity index (χ3v) is 3.60. The van der Waals surface area contributed by atoms with E-state index < -0.39 is 23.7 Å². The van der Waals surface area contributed by atoms with Crippen LogP contribution in [0.5, 0.6) is 0 Å². The molecule has 2 aromatic rings. The molecule has 0 aliphatic heterocycles. The summed E-state index contributed by atoms with van der Waals surface area (Å²) in [5, 5.41) is 5.35. The van der Waals surface area contributed by atoms with E-state index in [1.165, 1.54) is 18.2 Å². The van der Waals surface area contributed by atoms with E-state index in [-0.39, 0.29) is 5.69 Å². The van der Waals surface area contributed by atoms with Gasteiger partial charge in [-0.3, -0.25) is 4.79 Å². The third-order valence-electron chi connectivity index (χ3n) is 3.60. The maximum absolute atomic E-state index is 13.0. The monoisotopic (exact) mass is 336 g/mol. The van der Waals surface area contributed by atoms with Gasteiger partial charge in [0, 0.05) is 5.69 Å². The maximum Gasteiger partial charge on any atom is 0.418 e. The predicted octanol–water partition coefficient (Wildman–Crippen LogP) is 4.71. The van der Waals surface area contributed by atoms with Crippen LogP contribution >= 0.6 is 0 Å². The Morgan fingerprint density at radius 1 is 1.12 bits per heavy atom. The summed E-state index contributed by atoms with van der Waals surface area (Å²) in [5.41, 5.74) is 0.751. The molecule has 0 saturated carbocycles. The summed E-state index contributed by atoms with van der Waals surface area (Å²) in [6.07, 6.45) is -3.66. The Kier molecular flexibility index (Phi) is 5.49. The molecule has 0 heterocycles. The number of para-hydroxylation sites is 1. The molecule has 0 spiro atoms. The fourth-order valence-corrected chi connectivity index (χ4v) is 2.28. The topological polar surface area (TPSA) is 41.1 Å². The van der Waals surface area contributed by atoms with E-state index in [0.717, 1.165) is 23.7 Å². The van der Waals surface area contributed by atoms with E-state index in [9.17, 15) is 18.0 Å². The van der Waals surface area contributed by atoms with Crippen LogP contribution in [0.3, 0.4) is 0 Å². The minimum Gasteiger partial charge on any atom is -0.374 e. The zero-order valence-corrected chi connectivity index (χ0v) is 13.4. The van der Waals surface area contributed by atoms with Crippen molar-refractivity contribution >= 4 is 17.3 Å². The largest absolute Gasteiger partial charge is 0.418 e. The van der Waals surface area contributed by atoms with Crippen LogP contribution < -0.4 is 10.6 Å². The maximum atomic E-state index is 13.0. The van der Waals surface area contributed by atoms with Gasteiger partial charge >= 0.3 is 6.18 Å². The van der Waals surface area contributed by atoms with Crippen LogP contribution in [-0.2, 0) is 17.4 Å². The van der Waals surface area contributed by atoms with Gasteiger partial charge in [0.1, 0.15) is 6.04 Å².